The van der Waals surface area contributed by atoms with Crippen molar-refractivity contribution in [2.24, 2.45) is 5.14 Å². The number of non-ortho nitro benzene ring substituents is 1. The molecule has 0 bridgehead atoms. The summed E-state index contributed by atoms with van der Waals surface area (Å²) in [4.78, 5) is 20.9. The summed E-state index contributed by atoms with van der Waals surface area (Å²) in [5.41, 5.74) is -1.04. The number of benzene rings is 1. The number of hydrogen-bond donors (Lipinski definition) is 1. The van der Waals surface area contributed by atoms with Gasteiger partial charge in [0.15, 0.2) is 0 Å². The second-order valence-electron chi connectivity index (χ2n) is 3.74. The van der Waals surface area contributed by atoms with Crippen LogP contribution in [0.15, 0.2) is 17.0 Å². The van der Waals surface area contributed by atoms with Crippen LogP contribution in [0.2, 0.25) is 5.02 Å². The molecule has 0 aliphatic rings. The first-order chi connectivity index (χ1) is 9.18. The lowest BCUT2D eigenvalue weighted by atomic mass is 10.2. The third-order valence-electron chi connectivity index (χ3n) is 2.20. The summed E-state index contributed by atoms with van der Waals surface area (Å²) in [6.07, 6.45) is 0.528. The third kappa shape index (κ3) is 3.65. The van der Waals surface area contributed by atoms with Crippen LogP contribution >= 0.6 is 11.6 Å². The van der Waals surface area contributed by atoms with E-state index in [-0.39, 0.29) is 6.61 Å². The summed E-state index contributed by atoms with van der Waals surface area (Å²) < 4.78 is 27.5. The number of carbonyl (C=O) groups is 1. The number of nitrogens with two attached hydrogens (primary N) is 1. The molecular formula is C10H11ClN2O6S. The minimum atomic E-state index is -4.31. The van der Waals surface area contributed by atoms with Crippen molar-refractivity contribution in [1.29, 1.82) is 0 Å². The Labute approximate surface area is 119 Å². The van der Waals surface area contributed by atoms with Gasteiger partial charge in [0.1, 0.15) is 4.90 Å². The van der Waals surface area contributed by atoms with Crippen LogP contribution in [0.4, 0.5) is 5.69 Å². The van der Waals surface area contributed by atoms with Crippen molar-refractivity contribution >= 4 is 33.3 Å². The van der Waals surface area contributed by atoms with E-state index in [2.05, 4.69) is 0 Å². The van der Waals surface area contributed by atoms with Crippen molar-refractivity contribution in [3.63, 3.8) is 0 Å². The number of esters is 1. The maximum absolute atomic E-state index is 11.7. The van der Waals surface area contributed by atoms with E-state index in [0.29, 0.717) is 12.5 Å². The number of nitrogens with zero attached hydrogens (tertiary/aromatic N) is 1. The van der Waals surface area contributed by atoms with Crippen LogP contribution in [0.3, 0.4) is 0 Å². The summed E-state index contributed by atoms with van der Waals surface area (Å²) in [7, 11) is -4.31. The summed E-state index contributed by atoms with van der Waals surface area (Å²) in [6, 6.07) is 1.53. The van der Waals surface area contributed by atoms with Gasteiger partial charge in [-0.15, -0.1) is 0 Å². The number of rotatable bonds is 5. The van der Waals surface area contributed by atoms with Crippen molar-refractivity contribution < 1.29 is 22.9 Å². The monoisotopic (exact) mass is 322 g/mol. The fourth-order valence-electron chi connectivity index (χ4n) is 1.32. The number of nitro groups is 1. The van der Waals surface area contributed by atoms with Crippen LogP contribution in [0.5, 0.6) is 0 Å². The van der Waals surface area contributed by atoms with Crippen molar-refractivity contribution in [2.45, 2.75) is 18.2 Å². The van der Waals surface area contributed by atoms with Crippen molar-refractivity contribution in [3.8, 4) is 0 Å². The molecule has 0 amide bonds. The summed E-state index contributed by atoms with van der Waals surface area (Å²) >= 11 is 5.76. The number of primary sulfonamides is 1. The predicted octanol–water partition coefficient (Wildman–Crippen LogP) is 1.46. The zero-order valence-corrected chi connectivity index (χ0v) is 11.9. The van der Waals surface area contributed by atoms with Gasteiger partial charge in [-0.1, -0.05) is 18.5 Å². The van der Waals surface area contributed by atoms with Gasteiger partial charge in [-0.2, -0.15) is 0 Å². The maximum Gasteiger partial charge on any atom is 0.339 e. The van der Waals surface area contributed by atoms with E-state index in [9.17, 15) is 23.3 Å². The molecule has 1 rings (SSSR count). The Morgan fingerprint density at radius 3 is 2.55 bits per heavy atom. The molecule has 0 radical (unpaired) electrons. The van der Waals surface area contributed by atoms with Crippen LogP contribution in [0.25, 0.3) is 0 Å². The maximum atomic E-state index is 11.7. The lowest BCUT2D eigenvalue weighted by molar-refractivity contribution is -0.385. The molecule has 20 heavy (non-hydrogen) atoms. The molecule has 0 aliphatic heterocycles. The van der Waals surface area contributed by atoms with Crippen LogP contribution in [-0.4, -0.2) is 25.9 Å². The molecule has 0 aromatic heterocycles. The highest BCUT2D eigenvalue weighted by atomic mass is 35.5. The first kappa shape index (κ1) is 16.3. The highest BCUT2D eigenvalue weighted by molar-refractivity contribution is 7.89. The smallest absolute Gasteiger partial charge is 0.339 e. The number of nitro benzene ring substituents is 1. The van der Waals surface area contributed by atoms with Gasteiger partial charge in [0.25, 0.3) is 5.69 Å². The average Bonchev–Trinajstić information content (AvgIpc) is 2.34. The SMILES string of the molecule is CCCOC(=O)c1cc([N+](=O)[O-])cc(S(N)(=O)=O)c1Cl. The lowest BCUT2D eigenvalue weighted by Crippen LogP contribution is -2.16. The van der Waals surface area contributed by atoms with Crippen molar-refractivity contribution in [1.82, 2.24) is 0 Å². The van der Waals surface area contributed by atoms with Crippen LogP contribution in [0, 0.1) is 10.1 Å². The molecule has 0 unspecified atom stereocenters. The average molecular weight is 323 g/mol. The van der Waals surface area contributed by atoms with Crippen molar-refractivity contribution in [2.75, 3.05) is 6.61 Å². The molecule has 0 spiro atoms. The first-order valence-electron chi connectivity index (χ1n) is 5.36. The van der Waals surface area contributed by atoms with Crippen LogP contribution in [0.1, 0.15) is 23.7 Å². The van der Waals surface area contributed by atoms with E-state index >= 15 is 0 Å². The Morgan fingerprint density at radius 2 is 2.10 bits per heavy atom. The molecule has 110 valence electrons. The Hall–Kier alpha value is -1.71. The molecule has 2 N–H and O–H groups in total. The quantitative estimate of drug-likeness (QED) is 0.496. The lowest BCUT2D eigenvalue weighted by Gasteiger charge is -2.08. The van der Waals surface area contributed by atoms with Crippen LogP contribution < -0.4 is 5.14 Å². The number of halogens is 1. The topological polar surface area (TPSA) is 130 Å². The minimum absolute atomic E-state index is 0.0720. The second kappa shape index (κ2) is 6.16. The Morgan fingerprint density at radius 1 is 1.50 bits per heavy atom. The second-order valence-corrected chi connectivity index (χ2v) is 5.65. The Bertz CT molecular complexity index is 658. The van der Waals surface area contributed by atoms with E-state index in [1.165, 1.54) is 0 Å². The van der Waals surface area contributed by atoms with E-state index in [0.717, 1.165) is 6.07 Å². The minimum Gasteiger partial charge on any atom is -0.462 e. The molecule has 1 aromatic rings. The summed E-state index contributed by atoms with van der Waals surface area (Å²) in [6.45, 7) is 1.82. The van der Waals surface area contributed by atoms with Gasteiger partial charge < -0.3 is 4.74 Å². The predicted molar refractivity (Wildman–Crippen MR) is 70.1 cm³/mol. The van der Waals surface area contributed by atoms with Gasteiger partial charge in [-0.25, -0.2) is 18.4 Å². The zero-order chi connectivity index (χ0) is 15.5. The van der Waals surface area contributed by atoms with E-state index < -0.39 is 42.1 Å². The third-order valence-corrected chi connectivity index (χ3v) is 3.65. The number of sulfonamides is 1. The van der Waals surface area contributed by atoms with Gasteiger partial charge in [-0.05, 0) is 6.42 Å². The fraction of sp³-hybridized carbons (Fsp3) is 0.300. The normalized spacial score (nSPS) is 11.2. The molecule has 10 heteroatoms. The van der Waals surface area contributed by atoms with Gasteiger partial charge in [0, 0.05) is 12.1 Å². The van der Waals surface area contributed by atoms with Gasteiger partial charge >= 0.3 is 5.97 Å². The summed E-state index contributed by atoms with van der Waals surface area (Å²) in [5.74, 6) is -0.953. The first-order valence-corrected chi connectivity index (χ1v) is 7.28. The number of carbonyl (C=O) groups excluding carboxylic acids is 1. The van der Waals surface area contributed by atoms with Gasteiger partial charge in [0.05, 0.1) is 22.1 Å². The molecule has 0 aliphatic carbocycles. The largest absolute Gasteiger partial charge is 0.462 e. The molecular weight excluding hydrogens is 312 g/mol. The number of ether oxygens (including phenoxy) is 1. The molecule has 0 fully saturated rings. The molecule has 8 nitrogen and oxygen atoms in total. The molecule has 1 aromatic carbocycles. The standard InChI is InChI=1S/C10H11ClN2O6S/c1-2-3-19-10(14)7-4-6(13(15)16)5-8(9(7)11)20(12,17)18/h4-5H,2-3H2,1H3,(H2,12,17,18). The van der Waals surface area contributed by atoms with Gasteiger partial charge in [-0.3, -0.25) is 10.1 Å². The van der Waals surface area contributed by atoms with Crippen LogP contribution in [-0.2, 0) is 14.8 Å². The molecule has 0 saturated carbocycles. The van der Waals surface area contributed by atoms with Gasteiger partial charge in [0.2, 0.25) is 10.0 Å². The fourth-order valence-corrected chi connectivity index (χ4v) is 2.47. The Balaban J connectivity index is 3.47. The molecule has 0 saturated heterocycles. The van der Waals surface area contributed by atoms with Crippen molar-refractivity contribution in [3.05, 3.63) is 32.8 Å². The van der Waals surface area contributed by atoms with E-state index in [1.54, 1.807) is 6.92 Å². The van der Waals surface area contributed by atoms with E-state index in [1.807, 2.05) is 0 Å². The summed E-state index contributed by atoms with van der Waals surface area (Å²) in [5, 5.41) is 15.2. The molecule has 0 heterocycles. The highest BCUT2D eigenvalue weighted by Crippen LogP contribution is 2.30. The Kier molecular flexibility index (Phi) is 5.03. The highest BCUT2D eigenvalue weighted by Gasteiger charge is 2.25. The number of hydrogen-bond acceptors (Lipinski definition) is 6. The molecule has 0 atom stereocenters. The van der Waals surface area contributed by atoms with E-state index in [4.69, 9.17) is 21.5 Å². The zero-order valence-electron chi connectivity index (χ0n) is 10.3.